The highest BCUT2D eigenvalue weighted by Crippen LogP contribution is 2.33. The number of alkyl carbamates (subject to hydrolysis) is 1. The molecule has 0 radical (unpaired) electrons. The molecule has 1 aromatic carbocycles. The molecule has 2 aromatic heterocycles. The van der Waals surface area contributed by atoms with Gasteiger partial charge in [-0.15, -0.1) is 0 Å². The molecule has 1 aliphatic heterocycles. The summed E-state index contributed by atoms with van der Waals surface area (Å²) in [7, 11) is 4.47. The molecule has 12 heteroatoms. The summed E-state index contributed by atoms with van der Waals surface area (Å²) in [6.07, 6.45) is 6.20. The number of methoxy groups -OCH3 is 1. The number of pyridine rings is 1. The number of carbonyl (C=O) groups excluding carboxylic acids is 3. The number of Topliss-reactive ketones (excluding diaryl/α,β-unsaturated/α-hetero) is 1. The Morgan fingerprint density at radius 3 is 2.65 bits per heavy atom. The van der Waals surface area contributed by atoms with E-state index in [-0.39, 0.29) is 42.2 Å². The zero-order chi connectivity index (χ0) is 30.8. The van der Waals surface area contributed by atoms with E-state index in [9.17, 15) is 19.2 Å². The second-order valence-corrected chi connectivity index (χ2v) is 10.1. The molecule has 3 heterocycles. The van der Waals surface area contributed by atoms with Crippen LogP contribution in [-0.4, -0.2) is 70.2 Å². The van der Waals surface area contributed by atoms with Crippen molar-refractivity contribution in [2.45, 2.75) is 44.9 Å². The molecule has 2 amide bonds. The Hall–Kier alpha value is -5.13. The molecule has 224 valence electrons. The molecule has 12 nitrogen and oxygen atoms in total. The van der Waals surface area contributed by atoms with Crippen molar-refractivity contribution in [1.29, 1.82) is 0 Å². The fourth-order valence-electron chi connectivity index (χ4n) is 4.42. The highest BCUT2D eigenvalue weighted by Gasteiger charge is 2.24. The third-order valence-electron chi connectivity index (χ3n) is 6.73. The van der Waals surface area contributed by atoms with Crippen LogP contribution in [0.15, 0.2) is 76.9 Å². The number of ether oxygens (including phenoxy) is 2. The van der Waals surface area contributed by atoms with E-state index in [1.807, 2.05) is 30.3 Å². The molecule has 0 aliphatic carbocycles. The van der Waals surface area contributed by atoms with Gasteiger partial charge in [-0.1, -0.05) is 42.5 Å². The van der Waals surface area contributed by atoms with Crippen LogP contribution in [0.25, 0.3) is 0 Å². The van der Waals surface area contributed by atoms with Crippen molar-refractivity contribution in [3.63, 3.8) is 0 Å². The van der Waals surface area contributed by atoms with Crippen LogP contribution in [0.3, 0.4) is 0 Å². The minimum Gasteiger partial charge on any atom is -0.471 e. The number of benzene rings is 1. The molecule has 43 heavy (non-hydrogen) atoms. The summed E-state index contributed by atoms with van der Waals surface area (Å²) in [6, 6.07) is 12.1. The molecular formula is C31H34N6O6. The molecule has 0 bridgehead atoms. The van der Waals surface area contributed by atoms with Gasteiger partial charge in [0, 0.05) is 44.4 Å². The Morgan fingerprint density at radius 1 is 1.12 bits per heavy atom. The lowest BCUT2D eigenvalue weighted by molar-refractivity contribution is -0.123. The topological polar surface area (TPSA) is 145 Å². The van der Waals surface area contributed by atoms with Crippen LogP contribution in [0.2, 0.25) is 0 Å². The van der Waals surface area contributed by atoms with Crippen molar-refractivity contribution >= 4 is 29.2 Å². The van der Waals surface area contributed by atoms with Crippen molar-refractivity contribution in [2.75, 3.05) is 21.2 Å². The van der Waals surface area contributed by atoms with Crippen molar-refractivity contribution < 1.29 is 23.9 Å². The standard InChI is InChI=1S/C31H34N6O6/c1-36(2)27(39)14-8-7-13-24(35-31(41)42-3)26(38)16-22-12-9-15-37(30(22)40)18-23-17-25-28(34-23)29(33-20-32-25)43-19-21-10-5-4-6-11-21/h4-6,8-12,14-15,20,24H,7,13,16-19H2,1-3H3,(H,35,41)/b14-8+/t24-/m0/s1. The third kappa shape index (κ3) is 8.44. The second kappa shape index (κ2) is 14.7. The summed E-state index contributed by atoms with van der Waals surface area (Å²) >= 11 is 0. The molecule has 1 atom stereocenters. The average Bonchev–Trinajstić information content (AvgIpc) is 3.43. The van der Waals surface area contributed by atoms with Crippen LogP contribution in [0.4, 0.5) is 10.5 Å². The zero-order valence-corrected chi connectivity index (χ0v) is 24.4. The Balaban J connectivity index is 1.43. The molecule has 1 aliphatic rings. The Bertz CT molecular complexity index is 1580. The molecule has 1 N–H and O–H groups in total. The van der Waals surface area contributed by atoms with E-state index < -0.39 is 12.1 Å². The van der Waals surface area contributed by atoms with E-state index in [2.05, 4.69) is 25.0 Å². The van der Waals surface area contributed by atoms with Gasteiger partial charge in [0.2, 0.25) is 11.8 Å². The fraction of sp³-hybridized carbons (Fsp3) is 0.323. The minimum atomic E-state index is -0.902. The molecule has 0 fully saturated rings. The molecular weight excluding hydrogens is 552 g/mol. The van der Waals surface area contributed by atoms with E-state index in [1.54, 1.807) is 38.5 Å². The maximum atomic E-state index is 13.3. The van der Waals surface area contributed by atoms with Gasteiger partial charge in [0.15, 0.2) is 5.78 Å². The highest BCUT2D eigenvalue weighted by atomic mass is 16.5. The van der Waals surface area contributed by atoms with Gasteiger partial charge >= 0.3 is 6.09 Å². The van der Waals surface area contributed by atoms with Crippen molar-refractivity contribution in [3.05, 3.63) is 94.3 Å². The van der Waals surface area contributed by atoms with E-state index in [1.165, 1.54) is 29.0 Å². The minimum absolute atomic E-state index is 0.188. The number of likely N-dealkylation sites (N-methyl/N-ethyl adjacent to an activating group) is 1. The first kappa shape index (κ1) is 30.8. The van der Waals surface area contributed by atoms with Crippen molar-refractivity contribution in [3.8, 4) is 5.88 Å². The van der Waals surface area contributed by atoms with Gasteiger partial charge in [-0.3, -0.25) is 14.4 Å². The normalized spacial score (nSPS) is 12.8. The summed E-state index contributed by atoms with van der Waals surface area (Å²) in [5.74, 6) is -0.166. The van der Waals surface area contributed by atoms with E-state index in [4.69, 9.17) is 4.74 Å². The number of amides is 2. The summed E-state index contributed by atoms with van der Waals surface area (Å²) in [6.45, 7) is 0.533. The zero-order valence-electron chi connectivity index (χ0n) is 24.4. The van der Waals surface area contributed by atoms with Gasteiger partial charge < -0.3 is 24.3 Å². The first-order valence-electron chi connectivity index (χ1n) is 13.8. The summed E-state index contributed by atoms with van der Waals surface area (Å²) in [5.41, 5.74) is 2.90. The maximum Gasteiger partial charge on any atom is 0.407 e. The monoisotopic (exact) mass is 586 g/mol. The number of hydrogen-bond donors (Lipinski definition) is 1. The lowest BCUT2D eigenvalue weighted by atomic mass is 10.0. The van der Waals surface area contributed by atoms with Crippen LogP contribution in [-0.2, 0) is 40.3 Å². The molecule has 4 rings (SSSR count). The van der Waals surface area contributed by atoms with Gasteiger partial charge in [-0.05, 0) is 30.5 Å². The molecule has 0 saturated heterocycles. The second-order valence-electron chi connectivity index (χ2n) is 10.1. The summed E-state index contributed by atoms with van der Waals surface area (Å²) in [5, 5.41) is 2.53. The SMILES string of the molecule is COC(=O)N[C@@H](CC/C=C/C(=O)N(C)C)C(=O)Cc1cccn(CC2=Nc3c(ncnc3OCc3ccccc3)C2)c1=O. The summed E-state index contributed by atoms with van der Waals surface area (Å²) < 4.78 is 12.1. The Morgan fingerprint density at radius 2 is 1.91 bits per heavy atom. The van der Waals surface area contributed by atoms with Crippen molar-refractivity contribution in [1.82, 2.24) is 24.8 Å². The molecule has 0 unspecified atom stereocenters. The van der Waals surface area contributed by atoms with Crippen LogP contribution in [0.1, 0.15) is 29.7 Å². The predicted octanol–water partition coefficient (Wildman–Crippen LogP) is 2.81. The quantitative estimate of drug-likeness (QED) is 0.301. The number of fused-ring (bicyclic) bond motifs is 1. The third-order valence-corrected chi connectivity index (χ3v) is 6.73. The van der Waals surface area contributed by atoms with Gasteiger partial charge in [-0.25, -0.2) is 14.8 Å². The van der Waals surface area contributed by atoms with Crippen LogP contribution < -0.4 is 15.6 Å². The number of hydrogen-bond acceptors (Lipinski definition) is 9. The largest absolute Gasteiger partial charge is 0.471 e. The van der Waals surface area contributed by atoms with Crippen LogP contribution >= 0.6 is 0 Å². The lowest BCUT2D eigenvalue weighted by Gasteiger charge is -2.16. The van der Waals surface area contributed by atoms with E-state index in [0.29, 0.717) is 42.4 Å². The number of rotatable bonds is 13. The predicted molar refractivity (Wildman–Crippen MR) is 159 cm³/mol. The molecule has 0 spiro atoms. The first-order valence-corrected chi connectivity index (χ1v) is 13.8. The van der Waals surface area contributed by atoms with Crippen LogP contribution in [0.5, 0.6) is 5.88 Å². The van der Waals surface area contributed by atoms with Gasteiger partial charge in [0.1, 0.15) is 18.6 Å². The average molecular weight is 587 g/mol. The smallest absolute Gasteiger partial charge is 0.407 e. The van der Waals surface area contributed by atoms with Crippen molar-refractivity contribution in [2.24, 2.45) is 4.99 Å². The summed E-state index contributed by atoms with van der Waals surface area (Å²) in [4.78, 5) is 64.9. The Labute approximate surface area is 249 Å². The number of allylic oxidation sites excluding steroid dienone is 1. The number of nitrogens with zero attached hydrogens (tertiary/aromatic N) is 5. The number of nitrogens with one attached hydrogen (secondary N) is 1. The van der Waals surface area contributed by atoms with Gasteiger partial charge in [0.25, 0.3) is 5.56 Å². The van der Waals surface area contributed by atoms with Gasteiger partial charge in [0.05, 0.1) is 25.4 Å². The fourth-order valence-corrected chi connectivity index (χ4v) is 4.42. The van der Waals surface area contributed by atoms with Gasteiger partial charge in [-0.2, -0.15) is 4.98 Å². The van der Waals surface area contributed by atoms with Crippen LogP contribution in [0, 0.1) is 0 Å². The number of aliphatic imine (C=N–C) groups is 1. The molecule has 3 aromatic rings. The lowest BCUT2D eigenvalue weighted by Crippen LogP contribution is -2.42. The van der Waals surface area contributed by atoms with E-state index >= 15 is 0 Å². The number of ketones is 1. The van der Waals surface area contributed by atoms with E-state index in [0.717, 1.165) is 5.56 Å². The maximum absolute atomic E-state index is 13.3. The highest BCUT2D eigenvalue weighted by molar-refractivity contribution is 5.94. The molecule has 0 saturated carbocycles. The Kier molecular flexibility index (Phi) is 10.5. The number of aromatic nitrogens is 3. The first-order chi connectivity index (χ1) is 20.7. The number of carbonyl (C=O) groups is 3.